The Morgan fingerprint density at radius 3 is 2.67 bits per heavy atom. The van der Waals surface area contributed by atoms with Crippen molar-refractivity contribution in [2.24, 2.45) is 0 Å². The molecular formula is C17H23NO6. The standard InChI is InChI=1S/C17H23NO6/c1-12(23-10-15-4-3-9-22-15)17(21)18(2)13-5-7-14(8-6-13)24-11-16(19)20/h5-8,12,15H,3-4,9-11H2,1-2H3,(H,19,20). The van der Waals surface area contributed by atoms with Crippen LogP contribution in [0.4, 0.5) is 5.69 Å². The molecule has 0 aromatic heterocycles. The summed E-state index contributed by atoms with van der Waals surface area (Å²) in [7, 11) is 1.67. The van der Waals surface area contributed by atoms with Gasteiger partial charge in [0, 0.05) is 19.3 Å². The minimum Gasteiger partial charge on any atom is -0.482 e. The number of hydrogen-bond acceptors (Lipinski definition) is 5. The van der Waals surface area contributed by atoms with E-state index in [0.29, 0.717) is 18.0 Å². The highest BCUT2D eigenvalue weighted by atomic mass is 16.5. The molecule has 0 saturated carbocycles. The number of carbonyl (C=O) groups excluding carboxylic acids is 1. The van der Waals surface area contributed by atoms with Crippen molar-refractivity contribution in [2.45, 2.75) is 32.0 Å². The Bertz CT molecular complexity index is 553. The molecule has 0 aliphatic carbocycles. The summed E-state index contributed by atoms with van der Waals surface area (Å²) in [6.07, 6.45) is 1.51. The Balaban J connectivity index is 1.85. The van der Waals surface area contributed by atoms with E-state index in [1.54, 1.807) is 38.2 Å². The number of hydrogen-bond donors (Lipinski definition) is 1. The number of amides is 1. The zero-order valence-electron chi connectivity index (χ0n) is 13.9. The Kier molecular flexibility index (Phi) is 6.57. The third-order valence-corrected chi connectivity index (χ3v) is 3.82. The molecule has 2 atom stereocenters. The van der Waals surface area contributed by atoms with Crippen molar-refractivity contribution in [1.29, 1.82) is 0 Å². The summed E-state index contributed by atoms with van der Waals surface area (Å²) >= 11 is 0. The lowest BCUT2D eigenvalue weighted by molar-refractivity contribution is -0.139. The number of anilines is 1. The molecule has 2 unspecified atom stereocenters. The molecule has 1 aromatic rings. The van der Waals surface area contributed by atoms with Crippen LogP contribution in [0.3, 0.4) is 0 Å². The van der Waals surface area contributed by atoms with Gasteiger partial charge in [-0.25, -0.2) is 4.79 Å². The first-order valence-electron chi connectivity index (χ1n) is 7.93. The molecule has 1 aliphatic heterocycles. The highest BCUT2D eigenvalue weighted by Crippen LogP contribution is 2.20. The summed E-state index contributed by atoms with van der Waals surface area (Å²) < 4.78 is 16.2. The van der Waals surface area contributed by atoms with Crippen LogP contribution in [0.25, 0.3) is 0 Å². The van der Waals surface area contributed by atoms with Crippen LogP contribution in [0, 0.1) is 0 Å². The fourth-order valence-electron chi connectivity index (χ4n) is 2.41. The molecule has 2 rings (SSSR count). The fraction of sp³-hybridized carbons (Fsp3) is 0.529. The number of ether oxygens (including phenoxy) is 3. The first kappa shape index (κ1) is 18.2. The van der Waals surface area contributed by atoms with Crippen molar-refractivity contribution in [2.75, 3.05) is 31.8 Å². The monoisotopic (exact) mass is 337 g/mol. The maximum Gasteiger partial charge on any atom is 0.341 e. The molecule has 1 heterocycles. The molecule has 1 N–H and O–H groups in total. The van der Waals surface area contributed by atoms with Gasteiger partial charge in [-0.15, -0.1) is 0 Å². The van der Waals surface area contributed by atoms with Gasteiger partial charge in [0.15, 0.2) is 6.61 Å². The van der Waals surface area contributed by atoms with E-state index >= 15 is 0 Å². The third kappa shape index (κ3) is 5.21. The second-order valence-corrected chi connectivity index (χ2v) is 5.68. The van der Waals surface area contributed by atoms with Crippen molar-refractivity contribution < 1.29 is 28.9 Å². The largest absolute Gasteiger partial charge is 0.482 e. The van der Waals surface area contributed by atoms with Gasteiger partial charge in [-0.3, -0.25) is 4.79 Å². The summed E-state index contributed by atoms with van der Waals surface area (Å²) in [5.41, 5.74) is 0.676. The second kappa shape index (κ2) is 8.65. The molecule has 132 valence electrons. The first-order chi connectivity index (χ1) is 11.5. The molecular weight excluding hydrogens is 314 g/mol. The smallest absolute Gasteiger partial charge is 0.341 e. The lowest BCUT2D eigenvalue weighted by atomic mass is 10.2. The van der Waals surface area contributed by atoms with Crippen molar-refractivity contribution in [3.05, 3.63) is 24.3 Å². The van der Waals surface area contributed by atoms with E-state index in [4.69, 9.17) is 19.3 Å². The lowest BCUT2D eigenvalue weighted by Crippen LogP contribution is -2.37. The molecule has 7 heteroatoms. The van der Waals surface area contributed by atoms with E-state index in [-0.39, 0.29) is 12.0 Å². The maximum atomic E-state index is 12.4. The molecule has 0 bridgehead atoms. The maximum absolute atomic E-state index is 12.4. The lowest BCUT2D eigenvalue weighted by Gasteiger charge is -2.23. The molecule has 0 radical (unpaired) electrons. The summed E-state index contributed by atoms with van der Waals surface area (Å²) in [6.45, 7) is 2.50. The summed E-state index contributed by atoms with van der Waals surface area (Å²) in [4.78, 5) is 24.4. The molecule has 24 heavy (non-hydrogen) atoms. The van der Waals surface area contributed by atoms with Gasteiger partial charge < -0.3 is 24.2 Å². The van der Waals surface area contributed by atoms with Crippen LogP contribution >= 0.6 is 0 Å². The Morgan fingerprint density at radius 2 is 2.08 bits per heavy atom. The third-order valence-electron chi connectivity index (χ3n) is 3.82. The number of carboxylic acid groups (broad SMARTS) is 1. The zero-order valence-corrected chi connectivity index (χ0v) is 13.9. The van der Waals surface area contributed by atoms with E-state index < -0.39 is 18.7 Å². The molecule has 7 nitrogen and oxygen atoms in total. The Labute approximate surface area is 141 Å². The normalized spacial score (nSPS) is 18.2. The SMILES string of the molecule is CC(OCC1CCCO1)C(=O)N(C)c1ccc(OCC(=O)O)cc1. The predicted octanol–water partition coefficient (Wildman–Crippen LogP) is 1.70. The number of carboxylic acids is 1. The van der Waals surface area contributed by atoms with Crippen molar-refractivity contribution in [1.82, 2.24) is 0 Å². The van der Waals surface area contributed by atoms with E-state index in [0.717, 1.165) is 19.4 Å². The van der Waals surface area contributed by atoms with Crippen molar-refractivity contribution in [3.63, 3.8) is 0 Å². The van der Waals surface area contributed by atoms with Gasteiger partial charge in [-0.05, 0) is 44.0 Å². The molecule has 0 spiro atoms. The fourth-order valence-corrected chi connectivity index (χ4v) is 2.41. The average Bonchev–Trinajstić information content (AvgIpc) is 3.10. The average molecular weight is 337 g/mol. The van der Waals surface area contributed by atoms with E-state index in [9.17, 15) is 9.59 Å². The Morgan fingerprint density at radius 1 is 1.38 bits per heavy atom. The topological polar surface area (TPSA) is 85.3 Å². The minimum absolute atomic E-state index is 0.0798. The summed E-state index contributed by atoms with van der Waals surface area (Å²) in [5, 5.41) is 8.58. The van der Waals surface area contributed by atoms with E-state index in [1.165, 1.54) is 4.90 Å². The van der Waals surface area contributed by atoms with Crippen molar-refractivity contribution >= 4 is 17.6 Å². The highest BCUT2D eigenvalue weighted by Gasteiger charge is 2.22. The van der Waals surface area contributed by atoms with Crippen LogP contribution < -0.4 is 9.64 Å². The van der Waals surface area contributed by atoms with Crippen LogP contribution in [0.1, 0.15) is 19.8 Å². The highest BCUT2D eigenvalue weighted by molar-refractivity contribution is 5.95. The summed E-state index contributed by atoms with van der Waals surface area (Å²) in [6, 6.07) is 6.64. The van der Waals surface area contributed by atoms with Crippen LogP contribution in [-0.2, 0) is 19.1 Å². The van der Waals surface area contributed by atoms with Gasteiger partial charge in [-0.2, -0.15) is 0 Å². The van der Waals surface area contributed by atoms with Gasteiger partial charge in [0.25, 0.3) is 5.91 Å². The van der Waals surface area contributed by atoms with Gasteiger partial charge in [0.2, 0.25) is 0 Å². The van der Waals surface area contributed by atoms with Gasteiger partial charge >= 0.3 is 5.97 Å². The molecule has 1 aromatic carbocycles. The number of aliphatic carboxylic acids is 1. The van der Waals surface area contributed by atoms with Crippen molar-refractivity contribution in [3.8, 4) is 5.75 Å². The van der Waals surface area contributed by atoms with Gasteiger partial charge in [0.05, 0.1) is 12.7 Å². The number of benzene rings is 1. The molecule has 1 saturated heterocycles. The predicted molar refractivity (Wildman–Crippen MR) is 87.4 cm³/mol. The molecule has 1 fully saturated rings. The molecule has 1 aliphatic rings. The van der Waals surface area contributed by atoms with E-state index in [1.807, 2.05) is 0 Å². The number of likely N-dealkylation sites (N-methyl/N-ethyl adjacent to an activating group) is 1. The first-order valence-corrected chi connectivity index (χ1v) is 7.93. The number of carbonyl (C=O) groups is 2. The minimum atomic E-state index is -1.04. The van der Waals surface area contributed by atoms with Gasteiger partial charge in [-0.1, -0.05) is 0 Å². The quantitative estimate of drug-likeness (QED) is 0.777. The van der Waals surface area contributed by atoms with Gasteiger partial charge in [0.1, 0.15) is 11.9 Å². The molecule has 1 amide bonds. The second-order valence-electron chi connectivity index (χ2n) is 5.68. The van der Waals surface area contributed by atoms with E-state index in [2.05, 4.69) is 0 Å². The number of nitrogens with zero attached hydrogens (tertiary/aromatic N) is 1. The zero-order chi connectivity index (χ0) is 17.5. The Hall–Kier alpha value is -2.12. The van der Waals surface area contributed by atoms with Crippen LogP contribution in [0.5, 0.6) is 5.75 Å². The summed E-state index contributed by atoms with van der Waals surface area (Å²) in [5.74, 6) is -0.763. The van der Waals surface area contributed by atoms with Crippen LogP contribution in [-0.4, -0.2) is 56.1 Å². The van der Waals surface area contributed by atoms with Crippen LogP contribution in [0.2, 0.25) is 0 Å². The van der Waals surface area contributed by atoms with Crippen LogP contribution in [0.15, 0.2) is 24.3 Å². The number of rotatable bonds is 8.